The molecule has 2 saturated heterocycles. The maximum absolute atomic E-state index is 13.3. The molecule has 1 N–H and O–H groups in total. The van der Waals surface area contributed by atoms with Crippen LogP contribution in [0.1, 0.15) is 36.2 Å². The van der Waals surface area contributed by atoms with Crippen LogP contribution in [0.3, 0.4) is 0 Å². The lowest BCUT2D eigenvalue weighted by Crippen LogP contribution is -2.47. The summed E-state index contributed by atoms with van der Waals surface area (Å²) >= 11 is 1.72. The van der Waals surface area contributed by atoms with Crippen LogP contribution >= 0.6 is 11.3 Å². The number of hydrogen-bond donors (Lipinski definition) is 1. The summed E-state index contributed by atoms with van der Waals surface area (Å²) in [5.41, 5.74) is -0.0993. The molecule has 0 radical (unpaired) electrons. The van der Waals surface area contributed by atoms with Crippen molar-refractivity contribution < 1.29 is 19.1 Å². The van der Waals surface area contributed by atoms with Gasteiger partial charge in [0.15, 0.2) is 11.5 Å². The lowest BCUT2D eigenvalue weighted by Gasteiger charge is -2.28. The van der Waals surface area contributed by atoms with Crippen LogP contribution in [0, 0.1) is 0 Å². The summed E-state index contributed by atoms with van der Waals surface area (Å²) < 4.78 is 10.6. The number of amides is 3. The number of methoxy groups -OCH3 is 2. The molecule has 3 amide bonds. The Morgan fingerprint density at radius 2 is 2.00 bits per heavy atom. The Hall–Kier alpha value is -2.58. The lowest BCUT2D eigenvalue weighted by molar-refractivity contribution is -0.132. The number of ether oxygens (including phenoxy) is 2. The predicted molar refractivity (Wildman–Crippen MR) is 115 cm³/mol. The molecule has 7 nitrogen and oxygen atoms in total. The minimum absolute atomic E-state index is 0.195. The first kappa shape index (κ1) is 20.7. The SMILES string of the molecule is COc1ccc(C[C@@]2(C)NC(=O)N(CN3CCC[C@@H]3c3cccs3)C2=O)cc1OC. The highest BCUT2D eigenvalue weighted by molar-refractivity contribution is 7.10. The maximum atomic E-state index is 13.3. The normalized spacial score (nSPS) is 24.4. The van der Waals surface area contributed by atoms with Crippen molar-refractivity contribution >= 4 is 23.3 Å². The molecule has 2 aliphatic rings. The van der Waals surface area contributed by atoms with E-state index in [1.54, 1.807) is 32.5 Å². The number of imide groups is 1. The van der Waals surface area contributed by atoms with Gasteiger partial charge >= 0.3 is 6.03 Å². The molecule has 8 heteroatoms. The van der Waals surface area contributed by atoms with E-state index in [4.69, 9.17) is 9.47 Å². The Balaban J connectivity index is 1.49. The molecule has 0 spiro atoms. The first-order chi connectivity index (χ1) is 14.4. The number of likely N-dealkylation sites (tertiary alicyclic amines) is 1. The molecule has 160 valence electrons. The van der Waals surface area contributed by atoms with E-state index in [-0.39, 0.29) is 18.0 Å². The van der Waals surface area contributed by atoms with Crippen LogP contribution in [0.2, 0.25) is 0 Å². The molecule has 30 heavy (non-hydrogen) atoms. The molecule has 2 aromatic rings. The highest BCUT2D eigenvalue weighted by Crippen LogP contribution is 2.36. The van der Waals surface area contributed by atoms with Crippen molar-refractivity contribution in [3.05, 3.63) is 46.2 Å². The third-order valence-corrected chi connectivity index (χ3v) is 6.88. The Kier molecular flexibility index (Phi) is 5.71. The molecule has 0 bridgehead atoms. The van der Waals surface area contributed by atoms with E-state index >= 15 is 0 Å². The van der Waals surface area contributed by atoms with Gasteiger partial charge in [0.25, 0.3) is 5.91 Å². The second-order valence-corrected chi connectivity index (χ2v) is 8.97. The average molecular weight is 430 g/mol. The monoisotopic (exact) mass is 429 g/mol. The zero-order valence-corrected chi connectivity index (χ0v) is 18.3. The topological polar surface area (TPSA) is 71.1 Å². The van der Waals surface area contributed by atoms with E-state index in [1.807, 2.05) is 24.3 Å². The smallest absolute Gasteiger partial charge is 0.326 e. The molecule has 2 aliphatic heterocycles. The number of benzene rings is 1. The summed E-state index contributed by atoms with van der Waals surface area (Å²) in [5.74, 6) is 1.03. The van der Waals surface area contributed by atoms with Gasteiger partial charge in [-0.3, -0.25) is 9.69 Å². The largest absolute Gasteiger partial charge is 0.493 e. The molecule has 0 unspecified atom stereocenters. The van der Waals surface area contributed by atoms with Gasteiger partial charge in [0.1, 0.15) is 5.54 Å². The second kappa shape index (κ2) is 8.28. The number of carbonyl (C=O) groups excluding carboxylic acids is 2. The number of rotatable bonds is 7. The standard InChI is InChI=1S/C22H27N3O4S/c1-22(13-15-8-9-17(28-2)18(12-15)29-3)20(26)25(21(27)23-22)14-24-10-4-6-16(24)19-7-5-11-30-19/h5,7-9,11-12,16H,4,6,10,13-14H2,1-3H3,(H,23,27)/t16-,22-/m1/s1. The fourth-order valence-corrected chi connectivity index (χ4v) is 5.27. The molecule has 1 aromatic heterocycles. The minimum Gasteiger partial charge on any atom is -0.493 e. The first-order valence-electron chi connectivity index (χ1n) is 10.1. The highest BCUT2D eigenvalue weighted by Gasteiger charge is 2.48. The molecule has 4 rings (SSSR count). The Morgan fingerprint density at radius 1 is 1.20 bits per heavy atom. The summed E-state index contributed by atoms with van der Waals surface area (Å²) in [6, 6.07) is 9.65. The van der Waals surface area contributed by atoms with Crippen molar-refractivity contribution in [2.24, 2.45) is 0 Å². The van der Waals surface area contributed by atoms with Crippen molar-refractivity contribution in [3.8, 4) is 11.5 Å². The summed E-state index contributed by atoms with van der Waals surface area (Å²) in [4.78, 5) is 30.8. The first-order valence-corrected chi connectivity index (χ1v) is 11.0. The summed E-state index contributed by atoms with van der Waals surface area (Å²) in [7, 11) is 3.16. The van der Waals surface area contributed by atoms with E-state index in [1.165, 1.54) is 9.78 Å². The highest BCUT2D eigenvalue weighted by atomic mass is 32.1. The fourth-order valence-electron chi connectivity index (χ4n) is 4.37. The van der Waals surface area contributed by atoms with Crippen LogP contribution in [-0.2, 0) is 11.2 Å². The number of nitrogens with zero attached hydrogens (tertiary/aromatic N) is 2. The molecule has 3 heterocycles. The molecule has 0 aliphatic carbocycles. The van der Waals surface area contributed by atoms with Gasteiger partial charge in [0, 0.05) is 23.9 Å². The van der Waals surface area contributed by atoms with Crippen molar-refractivity contribution in [1.29, 1.82) is 0 Å². The lowest BCUT2D eigenvalue weighted by atomic mass is 9.92. The van der Waals surface area contributed by atoms with Gasteiger partial charge in [-0.1, -0.05) is 12.1 Å². The van der Waals surface area contributed by atoms with Crippen LogP contribution < -0.4 is 14.8 Å². The van der Waals surface area contributed by atoms with E-state index in [0.717, 1.165) is 24.9 Å². The number of carbonyl (C=O) groups is 2. The number of urea groups is 1. The zero-order chi connectivity index (χ0) is 21.3. The molecule has 0 saturated carbocycles. The number of thiophene rings is 1. The van der Waals surface area contributed by atoms with Crippen molar-refractivity contribution in [2.75, 3.05) is 27.4 Å². The molecule has 2 fully saturated rings. The third-order valence-electron chi connectivity index (χ3n) is 5.91. The van der Waals surface area contributed by atoms with Crippen molar-refractivity contribution in [2.45, 2.75) is 37.8 Å². The van der Waals surface area contributed by atoms with Crippen molar-refractivity contribution in [3.63, 3.8) is 0 Å². The Bertz CT molecular complexity index is 932. The van der Waals surface area contributed by atoms with E-state index in [0.29, 0.717) is 24.6 Å². The van der Waals surface area contributed by atoms with E-state index < -0.39 is 5.54 Å². The van der Waals surface area contributed by atoms with Crippen LogP contribution in [0.5, 0.6) is 11.5 Å². The van der Waals surface area contributed by atoms with Gasteiger partial charge in [0.05, 0.1) is 20.9 Å². The van der Waals surface area contributed by atoms with Gasteiger partial charge in [-0.15, -0.1) is 11.3 Å². The van der Waals surface area contributed by atoms with Crippen LogP contribution in [0.15, 0.2) is 35.7 Å². The third kappa shape index (κ3) is 3.77. The number of nitrogens with one attached hydrogen (secondary N) is 1. The summed E-state index contributed by atoms with van der Waals surface area (Å²) in [5, 5.41) is 4.98. The van der Waals surface area contributed by atoms with Crippen LogP contribution in [-0.4, -0.2) is 54.7 Å². The second-order valence-electron chi connectivity index (χ2n) is 7.99. The molecular weight excluding hydrogens is 402 g/mol. The zero-order valence-electron chi connectivity index (χ0n) is 17.5. The summed E-state index contributed by atoms with van der Waals surface area (Å²) in [6.07, 6.45) is 2.49. The Morgan fingerprint density at radius 3 is 2.70 bits per heavy atom. The quantitative estimate of drug-likeness (QED) is 0.683. The van der Waals surface area contributed by atoms with Crippen LogP contribution in [0.25, 0.3) is 0 Å². The van der Waals surface area contributed by atoms with Crippen molar-refractivity contribution in [1.82, 2.24) is 15.1 Å². The van der Waals surface area contributed by atoms with Crippen LogP contribution in [0.4, 0.5) is 4.79 Å². The predicted octanol–water partition coefficient (Wildman–Crippen LogP) is 3.41. The molecule has 2 atom stereocenters. The van der Waals surface area contributed by atoms with Gasteiger partial charge < -0.3 is 14.8 Å². The van der Waals surface area contributed by atoms with E-state index in [2.05, 4.69) is 21.7 Å². The summed E-state index contributed by atoms with van der Waals surface area (Å²) in [6.45, 7) is 2.98. The molecular formula is C22H27N3O4S. The van der Waals surface area contributed by atoms with Gasteiger partial charge in [-0.25, -0.2) is 9.69 Å². The molecule has 1 aromatic carbocycles. The number of hydrogen-bond acceptors (Lipinski definition) is 6. The van der Waals surface area contributed by atoms with Gasteiger partial charge in [0.2, 0.25) is 0 Å². The Labute approximate surface area is 180 Å². The average Bonchev–Trinajstić information content (AvgIpc) is 3.45. The van der Waals surface area contributed by atoms with Gasteiger partial charge in [-0.05, 0) is 48.9 Å². The van der Waals surface area contributed by atoms with Gasteiger partial charge in [-0.2, -0.15) is 0 Å². The van der Waals surface area contributed by atoms with E-state index in [9.17, 15) is 9.59 Å². The fraction of sp³-hybridized carbons (Fsp3) is 0.455. The minimum atomic E-state index is -0.991. The maximum Gasteiger partial charge on any atom is 0.326 e.